The van der Waals surface area contributed by atoms with E-state index >= 15 is 0 Å². The normalized spacial score (nSPS) is 11.3. The lowest BCUT2D eigenvalue weighted by Gasteiger charge is -2.10. The van der Waals surface area contributed by atoms with Crippen molar-refractivity contribution in [1.82, 2.24) is 9.55 Å². The fraction of sp³-hybridized carbons (Fsp3) is 0. The Balaban J connectivity index is 1.80. The van der Waals surface area contributed by atoms with Crippen molar-refractivity contribution in [3.05, 3.63) is 90.0 Å². The fourth-order valence-electron chi connectivity index (χ4n) is 4.54. The van der Waals surface area contributed by atoms with E-state index in [0.717, 1.165) is 43.9 Å². The van der Waals surface area contributed by atoms with Gasteiger partial charge in [-0.1, -0.05) is 48.5 Å². The zero-order valence-electron chi connectivity index (χ0n) is 15.8. The quantitative estimate of drug-likeness (QED) is 0.370. The zero-order chi connectivity index (χ0) is 20.2. The molecule has 4 aromatic carbocycles. The second-order valence-electron chi connectivity index (χ2n) is 7.36. The minimum atomic E-state index is 0.587. The van der Waals surface area contributed by atoms with Gasteiger partial charge < -0.3 is 9.55 Å². The van der Waals surface area contributed by atoms with Crippen molar-refractivity contribution in [2.75, 3.05) is 0 Å². The summed E-state index contributed by atoms with van der Waals surface area (Å²) in [5.74, 6) is 0. The van der Waals surface area contributed by atoms with Crippen LogP contribution in [0.5, 0.6) is 0 Å². The summed E-state index contributed by atoms with van der Waals surface area (Å²) in [5.41, 5.74) is 5.85. The van der Waals surface area contributed by atoms with Crippen molar-refractivity contribution in [1.29, 1.82) is 10.5 Å². The van der Waals surface area contributed by atoms with Gasteiger partial charge in [0.25, 0.3) is 0 Å². The summed E-state index contributed by atoms with van der Waals surface area (Å²) in [6.07, 6.45) is 0. The molecule has 6 rings (SSSR count). The standard InChI is InChI=1S/C26H14N4/c27-14-16-5-3-8-21-22-9-4-6-17(15-28)26(22)30(25(16)21)18-11-12-20-19-7-1-2-10-23(19)29-24(20)13-18/h1-13,29H. The first-order valence-electron chi connectivity index (χ1n) is 9.67. The molecule has 2 aromatic heterocycles. The molecule has 1 N–H and O–H groups in total. The van der Waals surface area contributed by atoms with E-state index < -0.39 is 0 Å². The molecule has 0 aliphatic rings. The molecule has 4 heteroatoms. The van der Waals surface area contributed by atoms with Crippen LogP contribution in [0.2, 0.25) is 0 Å². The molecule has 138 valence electrons. The number of nitriles is 2. The van der Waals surface area contributed by atoms with Crippen LogP contribution in [0.15, 0.2) is 78.9 Å². The molecule has 0 unspecified atom stereocenters. The van der Waals surface area contributed by atoms with E-state index in [1.807, 2.05) is 53.1 Å². The maximum atomic E-state index is 9.79. The van der Waals surface area contributed by atoms with Crippen molar-refractivity contribution >= 4 is 43.6 Å². The van der Waals surface area contributed by atoms with E-state index in [9.17, 15) is 10.5 Å². The topological polar surface area (TPSA) is 68.3 Å². The molecule has 0 atom stereocenters. The molecule has 0 saturated heterocycles. The highest BCUT2D eigenvalue weighted by Gasteiger charge is 2.18. The molecule has 0 aliphatic heterocycles. The Bertz CT molecular complexity index is 1650. The average Bonchev–Trinajstić information content (AvgIpc) is 3.34. The minimum absolute atomic E-state index is 0.587. The number of para-hydroxylation sites is 3. The molecule has 0 bridgehead atoms. The van der Waals surface area contributed by atoms with E-state index in [1.54, 1.807) is 0 Å². The van der Waals surface area contributed by atoms with Crippen LogP contribution < -0.4 is 0 Å². The van der Waals surface area contributed by atoms with Crippen molar-refractivity contribution < 1.29 is 0 Å². The van der Waals surface area contributed by atoms with Crippen LogP contribution in [0.25, 0.3) is 49.3 Å². The van der Waals surface area contributed by atoms with Gasteiger partial charge in [0, 0.05) is 38.3 Å². The summed E-state index contributed by atoms with van der Waals surface area (Å²) in [6, 6.07) is 30.6. The number of aromatic nitrogens is 2. The van der Waals surface area contributed by atoms with Crippen molar-refractivity contribution in [3.63, 3.8) is 0 Å². The maximum absolute atomic E-state index is 9.79. The lowest BCUT2D eigenvalue weighted by atomic mass is 10.1. The predicted molar refractivity (Wildman–Crippen MR) is 120 cm³/mol. The first-order valence-corrected chi connectivity index (χ1v) is 9.67. The number of aromatic amines is 1. The summed E-state index contributed by atoms with van der Waals surface area (Å²) < 4.78 is 2.05. The number of H-pyrrole nitrogens is 1. The molecule has 0 saturated carbocycles. The van der Waals surface area contributed by atoms with Gasteiger partial charge in [-0.15, -0.1) is 0 Å². The number of rotatable bonds is 1. The van der Waals surface area contributed by atoms with Gasteiger partial charge in [-0.3, -0.25) is 0 Å². The van der Waals surface area contributed by atoms with Gasteiger partial charge in [0.15, 0.2) is 0 Å². The molecule has 6 aromatic rings. The monoisotopic (exact) mass is 382 g/mol. The predicted octanol–water partition coefficient (Wildman–Crippen LogP) is 6.16. The molecule has 30 heavy (non-hydrogen) atoms. The Morgan fingerprint density at radius 1 is 0.600 bits per heavy atom. The van der Waals surface area contributed by atoms with Gasteiger partial charge in [0.05, 0.1) is 22.2 Å². The third-order valence-corrected chi connectivity index (χ3v) is 5.80. The Morgan fingerprint density at radius 2 is 1.20 bits per heavy atom. The van der Waals surface area contributed by atoms with Crippen LogP contribution in [0.1, 0.15) is 11.1 Å². The first kappa shape index (κ1) is 16.4. The highest BCUT2D eigenvalue weighted by Crippen LogP contribution is 2.36. The molecular formula is C26H14N4. The van der Waals surface area contributed by atoms with Crippen LogP contribution in [-0.2, 0) is 0 Å². The number of nitrogens with one attached hydrogen (secondary N) is 1. The molecule has 4 nitrogen and oxygen atoms in total. The van der Waals surface area contributed by atoms with Crippen LogP contribution in [-0.4, -0.2) is 9.55 Å². The fourth-order valence-corrected chi connectivity index (χ4v) is 4.54. The highest BCUT2D eigenvalue weighted by atomic mass is 15.0. The SMILES string of the molecule is N#Cc1cccc2c3cccc(C#N)c3n(-c3ccc4c(c3)[nH]c3ccccc34)c12. The van der Waals surface area contributed by atoms with Crippen molar-refractivity contribution in [2.24, 2.45) is 0 Å². The molecule has 0 fully saturated rings. The third kappa shape index (κ3) is 2.08. The number of nitrogens with zero attached hydrogens (tertiary/aromatic N) is 3. The Kier molecular flexibility index (Phi) is 3.27. The lowest BCUT2D eigenvalue weighted by Crippen LogP contribution is -1.97. The molecular weight excluding hydrogens is 368 g/mol. The smallest absolute Gasteiger partial charge is 0.101 e. The number of benzene rings is 4. The van der Waals surface area contributed by atoms with Crippen LogP contribution in [0.3, 0.4) is 0 Å². The Morgan fingerprint density at radius 3 is 1.87 bits per heavy atom. The molecule has 0 amide bonds. The second-order valence-corrected chi connectivity index (χ2v) is 7.36. The third-order valence-electron chi connectivity index (χ3n) is 5.80. The van der Waals surface area contributed by atoms with Crippen LogP contribution in [0.4, 0.5) is 0 Å². The molecule has 0 spiro atoms. The molecule has 2 heterocycles. The lowest BCUT2D eigenvalue weighted by molar-refractivity contribution is 1.17. The van der Waals surface area contributed by atoms with Crippen molar-refractivity contribution in [3.8, 4) is 17.8 Å². The Labute approximate surface area is 171 Å². The number of hydrogen-bond acceptors (Lipinski definition) is 2. The van der Waals surface area contributed by atoms with E-state index in [0.29, 0.717) is 11.1 Å². The average molecular weight is 382 g/mol. The summed E-state index contributed by atoms with van der Waals surface area (Å²) in [6.45, 7) is 0. The van der Waals surface area contributed by atoms with Gasteiger partial charge in [0.2, 0.25) is 0 Å². The molecule has 0 radical (unpaired) electrons. The van der Waals surface area contributed by atoms with Gasteiger partial charge >= 0.3 is 0 Å². The van der Waals surface area contributed by atoms with Gasteiger partial charge in [-0.25, -0.2) is 0 Å². The van der Waals surface area contributed by atoms with E-state index in [-0.39, 0.29) is 0 Å². The number of fused-ring (bicyclic) bond motifs is 6. The summed E-state index contributed by atoms with van der Waals surface area (Å²) >= 11 is 0. The minimum Gasteiger partial charge on any atom is -0.354 e. The van der Waals surface area contributed by atoms with E-state index in [2.05, 4.69) is 47.5 Å². The summed E-state index contributed by atoms with van der Waals surface area (Å²) in [5, 5.41) is 23.8. The molecule has 0 aliphatic carbocycles. The maximum Gasteiger partial charge on any atom is 0.101 e. The van der Waals surface area contributed by atoms with Crippen LogP contribution >= 0.6 is 0 Å². The number of hydrogen-bond donors (Lipinski definition) is 1. The van der Waals surface area contributed by atoms with E-state index in [1.165, 1.54) is 5.39 Å². The van der Waals surface area contributed by atoms with Gasteiger partial charge in [-0.05, 0) is 30.3 Å². The highest BCUT2D eigenvalue weighted by molar-refractivity contribution is 6.13. The van der Waals surface area contributed by atoms with Gasteiger partial charge in [0.1, 0.15) is 12.1 Å². The van der Waals surface area contributed by atoms with Crippen molar-refractivity contribution in [2.45, 2.75) is 0 Å². The Hall–Kier alpha value is -4.54. The zero-order valence-corrected chi connectivity index (χ0v) is 15.8. The van der Waals surface area contributed by atoms with E-state index in [4.69, 9.17) is 0 Å². The largest absolute Gasteiger partial charge is 0.354 e. The van der Waals surface area contributed by atoms with Gasteiger partial charge in [-0.2, -0.15) is 10.5 Å². The van der Waals surface area contributed by atoms with Crippen LogP contribution in [0, 0.1) is 22.7 Å². The first-order chi connectivity index (χ1) is 14.8. The second kappa shape index (κ2) is 5.98. The summed E-state index contributed by atoms with van der Waals surface area (Å²) in [4.78, 5) is 3.49. The summed E-state index contributed by atoms with van der Waals surface area (Å²) in [7, 11) is 0.